The van der Waals surface area contributed by atoms with Crippen LogP contribution in [-0.2, 0) is 11.2 Å². The largest absolute Gasteiger partial charge is 0.396 e. The van der Waals surface area contributed by atoms with Gasteiger partial charge in [0.25, 0.3) is 0 Å². The van der Waals surface area contributed by atoms with Crippen molar-refractivity contribution >= 4 is 28.3 Å². The lowest BCUT2D eigenvalue weighted by molar-refractivity contribution is -0.117. The predicted octanol–water partition coefficient (Wildman–Crippen LogP) is 2.95. The minimum Gasteiger partial charge on any atom is -0.396 e. The van der Waals surface area contributed by atoms with E-state index in [4.69, 9.17) is 5.73 Å². The molecule has 0 bridgehead atoms. The Morgan fingerprint density at radius 1 is 1.16 bits per heavy atom. The number of nitrogens with one attached hydrogen (secondary N) is 1. The molecule has 4 aromatic heterocycles. The van der Waals surface area contributed by atoms with Gasteiger partial charge in [-0.25, -0.2) is 9.97 Å². The maximum atomic E-state index is 12.7. The lowest BCUT2D eigenvalue weighted by atomic mass is 10.0. The number of fused-ring (bicyclic) bond motifs is 1. The van der Waals surface area contributed by atoms with E-state index in [1.807, 2.05) is 30.5 Å². The van der Waals surface area contributed by atoms with E-state index in [2.05, 4.69) is 25.3 Å². The first-order chi connectivity index (χ1) is 15.6. The Bertz CT molecular complexity index is 1290. The molecule has 4 N–H and O–H groups in total. The second-order valence-electron chi connectivity index (χ2n) is 7.91. The van der Waals surface area contributed by atoms with Crippen molar-refractivity contribution in [3.8, 4) is 11.3 Å². The number of carbonyl (C=O) groups is 1. The van der Waals surface area contributed by atoms with E-state index in [9.17, 15) is 9.90 Å². The van der Waals surface area contributed by atoms with Crippen molar-refractivity contribution in [2.75, 3.05) is 17.7 Å². The summed E-state index contributed by atoms with van der Waals surface area (Å²) in [4.78, 5) is 29.9. The van der Waals surface area contributed by atoms with Crippen molar-refractivity contribution in [1.29, 1.82) is 0 Å². The summed E-state index contributed by atoms with van der Waals surface area (Å²) in [7, 11) is 0. The maximum absolute atomic E-state index is 12.7. The minimum atomic E-state index is -0.0776. The quantitative estimate of drug-likeness (QED) is 0.432. The van der Waals surface area contributed by atoms with Crippen molar-refractivity contribution in [3.63, 3.8) is 0 Å². The third-order valence-electron chi connectivity index (χ3n) is 5.80. The highest BCUT2D eigenvalue weighted by Crippen LogP contribution is 2.47. The van der Waals surface area contributed by atoms with Gasteiger partial charge < -0.3 is 16.2 Å². The fraction of sp³-hybridized carbons (Fsp3) is 0.208. The summed E-state index contributed by atoms with van der Waals surface area (Å²) >= 11 is 0. The van der Waals surface area contributed by atoms with E-state index in [1.54, 1.807) is 30.9 Å². The topological polar surface area (TPSA) is 127 Å². The Kier molecular flexibility index (Phi) is 5.20. The van der Waals surface area contributed by atoms with E-state index in [-0.39, 0.29) is 24.3 Å². The van der Waals surface area contributed by atoms with Crippen molar-refractivity contribution in [2.45, 2.75) is 18.8 Å². The number of nitrogens with zero attached hydrogens (tertiary/aromatic N) is 4. The molecule has 5 rings (SSSR count). The van der Waals surface area contributed by atoms with E-state index in [0.29, 0.717) is 29.1 Å². The molecule has 1 amide bonds. The number of carbonyl (C=O) groups excluding carboxylic acids is 1. The zero-order valence-corrected chi connectivity index (χ0v) is 17.3. The first-order valence-corrected chi connectivity index (χ1v) is 10.4. The van der Waals surface area contributed by atoms with Gasteiger partial charge in [-0.2, -0.15) is 0 Å². The number of aromatic nitrogens is 4. The summed E-state index contributed by atoms with van der Waals surface area (Å²) in [5, 5.41) is 13.8. The first-order valence-electron chi connectivity index (χ1n) is 10.4. The molecule has 1 fully saturated rings. The lowest BCUT2D eigenvalue weighted by Gasteiger charge is -2.11. The van der Waals surface area contributed by atoms with Crippen LogP contribution in [0.2, 0.25) is 0 Å². The second kappa shape index (κ2) is 8.32. The van der Waals surface area contributed by atoms with Crippen LogP contribution in [0.15, 0.2) is 61.3 Å². The van der Waals surface area contributed by atoms with Crippen LogP contribution in [0.4, 0.5) is 11.6 Å². The standard InChI is InChI=1S/C24H22N6O2/c25-23-20-13-28-22(30-24(32)18-10-17(18)15-2-1-5-26-11-15)9-16(20)8-21(29-23)19-12-27-6-3-14(19)4-7-31/h1-3,5-6,8-9,11-13,17-18,31H,4,7,10H2,(H2,25,29)(H,28,30,32). The third-order valence-corrected chi connectivity index (χ3v) is 5.80. The van der Waals surface area contributed by atoms with Gasteiger partial charge in [0, 0.05) is 54.5 Å². The Balaban J connectivity index is 1.41. The van der Waals surface area contributed by atoms with E-state index in [0.717, 1.165) is 28.5 Å². The van der Waals surface area contributed by atoms with E-state index >= 15 is 0 Å². The Morgan fingerprint density at radius 3 is 2.84 bits per heavy atom. The van der Waals surface area contributed by atoms with E-state index < -0.39 is 0 Å². The van der Waals surface area contributed by atoms with Crippen molar-refractivity contribution < 1.29 is 9.90 Å². The highest BCUT2D eigenvalue weighted by Gasteiger charge is 2.44. The minimum absolute atomic E-state index is 0.0291. The number of aliphatic hydroxyl groups excluding tert-OH is 1. The SMILES string of the molecule is Nc1nc(-c2cnccc2CCO)cc2cc(NC(=O)C3CC3c3cccnc3)ncc12. The number of amides is 1. The number of nitrogens with two attached hydrogens (primary N) is 1. The van der Waals surface area contributed by atoms with Gasteiger partial charge in [0.05, 0.1) is 5.69 Å². The first kappa shape index (κ1) is 20.0. The van der Waals surface area contributed by atoms with Gasteiger partial charge in [-0.05, 0) is 59.5 Å². The third kappa shape index (κ3) is 3.88. The summed E-state index contributed by atoms with van der Waals surface area (Å²) in [5.41, 5.74) is 9.69. The van der Waals surface area contributed by atoms with Gasteiger partial charge in [0.15, 0.2) is 0 Å². The van der Waals surface area contributed by atoms with Crippen LogP contribution in [0.1, 0.15) is 23.5 Å². The Morgan fingerprint density at radius 2 is 2.03 bits per heavy atom. The molecular weight excluding hydrogens is 404 g/mol. The number of anilines is 2. The molecule has 0 aromatic carbocycles. The van der Waals surface area contributed by atoms with Crippen LogP contribution in [-0.4, -0.2) is 37.6 Å². The van der Waals surface area contributed by atoms with E-state index in [1.165, 1.54) is 0 Å². The highest BCUT2D eigenvalue weighted by molar-refractivity contribution is 5.98. The molecule has 2 atom stereocenters. The number of nitrogen functional groups attached to an aromatic ring is 1. The van der Waals surface area contributed by atoms with Crippen LogP contribution in [0.5, 0.6) is 0 Å². The Labute approximate surface area is 184 Å². The monoisotopic (exact) mass is 426 g/mol. The Hall–Kier alpha value is -3.91. The molecule has 4 aromatic rings. The lowest BCUT2D eigenvalue weighted by Crippen LogP contribution is -2.15. The molecular formula is C24H22N6O2. The molecule has 0 aliphatic heterocycles. The number of aliphatic hydroxyl groups is 1. The number of rotatable bonds is 6. The molecule has 32 heavy (non-hydrogen) atoms. The zero-order valence-electron chi connectivity index (χ0n) is 17.3. The summed E-state index contributed by atoms with van der Waals surface area (Å²) < 4.78 is 0. The van der Waals surface area contributed by atoms with Gasteiger partial charge in [-0.15, -0.1) is 0 Å². The molecule has 1 aliphatic carbocycles. The smallest absolute Gasteiger partial charge is 0.229 e. The molecule has 8 nitrogen and oxygen atoms in total. The molecule has 0 spiro atoms. The van der Waals surface area contributed by atoms with Gasteiger partial charge in [0.2, 0.25) is 5.91 Å². The molecule has 160 valence electrons. The van der Waals surface area contributed by atoms with Gasteiger partial charge >= 0.3 is 0 Å². The van der Waals surface area contributed by atoms with Crippen LogP contribution >= 0.6 is 0 Å². The highest BCUT2D eigenvalue weighted by atomic mass is 16.3. The fourth-order valence-corrected chi connectivity index (χ4v) is 4.04. The normalized spacial score (nSPS) is 17.3. The van der Waals surface area contributed by atoms with Gasteiger partial charge in [-0.3, -0.25) is 14.8 Å². The fourth-order valence-electron chi connectivity index (χ4n) is 4.04. The molecule has 1 saturated carbocycles. The van der Waals surface area contributed by atoms with Crippen LogP contribution in [0.25, 0.3) is 22.0 Å². The molecule has 2 unspecified atom stereocenters. The number of pyridine rings is 4. The van der Waals surface area contributed by atoms with Gasteiger partial charge in [0.1, 0.15) is 11.6 Å². The summed E-state index contributed by atoms with van der Waals surface area (Å²) in [6, 6.07) is 9.45. The molecule has 0 saturated heterocycles. The summed E-state index contributed by atoms with van der Waals surface area (Å²) in [6.07, 6.45) is 9.87. The molecule has 4 heterocycles. The summed E-state index contributed by atoms with van der Waals surface area (Å²) in [6.45, 7) is 0.0291. The van der Waals surface area contributed by atoms with Crippen molar-refractivity contribution in [3.05, 3.63) is 72.4 Å². The van der Waals surface area contributed by atoms with Crippen molar-refractivity contribution in [2.24, 2.45) is 5.92 Å². The van der Waals surface area contributed by atoms with Gasteiger partial charge in [-0.1, -0.05) is 6.07 Å². The zero-order chi connectivity index (χ0) is 22.1. The predicted molar refractivity (Wildman–Crippen MR) is 122 cm³/mol. The van der Waals surface area contributed by atoms with Crippen molar-refractivity contribution in [1.82, 2.24) is 19.9 Å². The molecule has 1 aliphatic rings. The average Bonchev–Trinajstić information content (AvgIpc) is 3.61. The molecule has 8 heteroatoms. The van der Waals surface area contributed by atoms with Crippen LogP contribution < -0.4 is 11.1 Å². The number of hydrogen-bond acceptors (Lipinski definition) is 7. The number of hydrogen-bond donors (Lipinski definition) is 3. The average molecular weight is 426 g/mol. The van der Waals surface area contributed by atoms with Crippen LogP contribution in [0.3, 0.4) is 0 Å². The second-order valence-corrected chi connectivity index (χ2v) is 7.91. The maximum Gasteiger partial charge on any atom is 0.229 e. The molecule has 0 radical (unpaired) electrons. The van der Waals surface area contributed by atoms with Crippen LogP contribution in [0, 0.1) is 5.92 Å². The summed E-state index contributed by atoms with van der Waals surface area (Å²) in [5.74, 6) is 0.890.